The van der Waals surface area contributed by atoms with E-state index in [4.69, 9.17) is 9.84 Å². The van der Waals surface area contributed by atoms with E-state index in [0.717, 1.165) is 12.8 Å². The number of urea groups is 1. The lowest BCUT2D eigenvalue weighted by Gasteiger charge is -2.34. The molecular weight excluding hydrogens is 260 g/mol. The van der Waals surface area contributed by atoms with Crippen molar-refractivity contribution in [1.29, 1.82) is 0 Å². The summed E-state index contributed by atoms with van der Waals surface area (Å²) in [5.41, 5.74) is 0. The molecule has 0 radical (unpaired) electrons. The van der Waals surface area contributed by atoms with Gasteiger partial charge in [0, 0.05) is 12.6 Å². The van der Waals surface area contributed by atoms with E-state index in [1.54, 1.807) is 11.8 Å². The number of nitrogens with zero attached hydrogens (tertiary/aromatic N) is 1. The number of carbonyl (C=O) groups excluding carboxylic acids is 1. The quantitative estimate of drug-likeness (QED) is 0.779. The molecule has 1 fully saturated rings. The van der Waals surface area contributed by atoms with Crippen LogP contribution in [0.25, 0.3) is 0 Å². The Bertz CT molecular complexity index is 335. The summed E-state index contributed by atoms with van der Waals surface area (Å²) >= 11 is 0. The van der Waals surface area contributed by atoms with Crippen LogP contribution in [0, 0.1) is 5.92 Å². The lowest BCUT2D eigenvalue weighted by atomic mass is 10.0. The Morgan fingerprint density at radius 2 is 2.10 bits per heavy atom. The maximum absolute atomic E-state index is 12.1. The van der Waals surface area contributed by atoms with Gasteiger partial charge in [-0.25, -0.2) is 4.79 Å². The van der Waals surface area contributed by atoms with Crippen LogP contribution in [0.15, 0.2) is 0 Å². The molecular formula is C14H26N2O4. The number of carboxylic acid groups (broad SMARTS) is 1. The van der Waals surface area contributed by atoms with Crippen LogP contribution in [0.4, 0.5) is 4.79 Å². The molecule has 1 aliphatic rings. The van der Waals surface area contributed by atoms with E-state index in [1.165, 1.54) is 0 Å². The summed E-state index contributed by atoms with van der Waals surface area (Å²) < 4.78 is 5.30. The molecule has 0 aromatic rings. The van der Waals surface area contributed by atoms with Crippen LogP contribution in [-0.4, -0.2) is 53.8 Å². The highest BCUT2D eigenvalue weighted by Gasteiger charge is 2.24. The average Bonchev–Trinajstić information content (AvgIpc) is 2.38. The van der Waals surface area contributed by atoms with Gasteiger partial charge in [-0.15, -0.1) is 0 Å². The van der Waals surface area contributed by atoms with Crippen molar-refractivity contribution < 1.29 is 19.4 Å². The van der Waals surface area contributed by atoms with Gasteiger partial charge in [-0.05, 0) is 26.7 Å². The number of amides is 2. The minimum Gasteiger partial charge on any atom is -0.481 e. The van der Waals surface area contributed by atoms with Crippen LogP contribution >= 0.6 is 0 Å². The van der Waals surface area contributed by atoms with Gasteiger partial charge in [-0.3, -0.25) is 4.79 Å². The van der Waals surface area contributed by atoms with E-state index in [-0.39, 0.29) is 24.0 Å². The van der Waals surface area contributed by atoms with Gasteiger partial charge in [0.1, 0.15) is 0 Å². The Morgan fingerprint density at radius 1 is 1.40 bits per heavy atom. The second kappa shape index (κ2) is 8.09. The van der Waals surface area contributed by atoms with Crippen molar-refractivity contribution in [3.63, 3.8) is 0 Å². The van der Waals surface area contributed by atoms with Crippen molar-refractivity contribution in [2.45, 2.75) is 52.1 Å². The molecule has 0 spiro atoms. The first kappa shape index (κ1) is 16.8. The van der Waals surface area contributed by atoms with Crippen molar-refractivity contribution >= 4 is 12.0 Å². The molecule has 116 valence electrons. The largest absolute Gasteiger partial charge is 0.481 e. The van der Waals surface area contributed by atoms with Gasteiger partial charge < -0.3 is 20.1 Å². The van der Waals surface area contributed by atoms with Crippen LogP contribution < -0.4 is 5.32 Å². The molecule has 0 aliphatic carbocycles. The molecule has 0 saturated carbocycles. The number of aliphatic carboxylic acids is 1. The summed E-state index contributed by atoms with van der Waals surface area (Å²) in [4.78, 5) is 24.6. The fourth-order valence-electron chi connectivity index (χ4n) is 2.25. The lowest BCUT2D eigenvalue weighted by Crippen LogP contribution is -2.52. The average molecular weight is 286 g/mol. The minimum absolute atomic E-state index is 0.0542. The highest BCUT2D eigenvalue weighted by Crippen LogP contribution is 2.11. The van der Waals surface area contributed by atoms with E-state index in [9.17, 15) is 9.59 Å². The third kappa shape index (κ3) is 5.36. The Hall–Kier alpha value is -1.30. The SMILES string of the molecule is CC(CCCC(C)C(=O)O)NC(=O)N1CCOCC1C. The third-order valence-corrected chi connectivity index (χ3v) is 3.69. The Kier molecular flexibility index (Phi) is 6.78. The molecule has 2 amide bonds. The van der Waals surface area contributed by atoms with Crippen LogP contribution in [0.3, 0.4) is 0 Å². The fourth-order valence-corrected chi connectivity index (χ4v) is 2.25. The molecule has 6 nitrogen and oxygen atoms in total. The predicted molar refractivity (Wildman–Crippen MR) is 75.6 cm³/mol. The number of morpholine rings is 1. The van der Waals surface area contributed by atoms with E-state index in [2.05, 4.69) is 5.32 Å². The van der Waals surface area contributed by atoms with Gasteiger partial charge in [0.15, 0.2) is 0 Å². The van der Waals surface area contributed by atoms with Crippen molar-refractivity contribution in [1.82, 2.24) is 10.2 Å². The molecule has 1 aliphatic heterocycles. The monoisotopic (exact) mass is 286 g/mol. The van der Waals surface area contributed by atoms with Gasteiger partial charge in [0.2, 0.25) is 0 Å². The van der Waals surface area contributed by atoms with Gasteiger partial charge in [0.25, 0.3) is 0 Å². The first-order valence-corrected chi connectivity index (χ1v) is 7.29. The van der Waals surface area contributed by atoms with Gasteiger partial charge in [0.05, 0.1) is 25.2 Å². The molecule has 1 saturated heterocycles. The highest BCUT2D eigenvalue weighted by atomic mass is 16.5. The minimum atomic E-state index is -0.760. The number of ether oxygens (including phenoxy) is 1. The number of carbonyl (C=O) groups is 2. The van der Waals surface area contributed by atoms with Gasteiger partial charge in [-0.2, -0.15) is 0 Å². The van der Waals surface area contributed by atoms with E-state index >= 15 is 0 Å². The molecule has 20 heavy (non-hydrogen) atoms. The molecule has 2 N–H and O–H groups in total. The van der Waals surface area contributed by atoms with E-state index in [1.807, 2.05) is 13.8 Å². The Morgan fingerprint density at radius 3 is 2.70 bits per heavy atom. The Labute approximate surface area is 120 Å². The number of hydrogen-bond donors (Lipinski definition) is 2. The summed E-state index contributed by atoms with van der Waals surface area (Å²) in [5, 5.41) is 11.8. The number of carboxylic acids is 1. The first-order valence-electron chi connectivity index (χ1n) is 7.29. The second-order valence-electron chi connectivity index (χ2n) is 5.64. The van der Waals surface area contributed by atoms with Crippen molar-refractivity contribution in [3.8, 4) is 0 Å². The zero-order valence-electron chi connectivity index (χ0n) is 12.6. The molecule has 0 aromatic heterocycles. The molecule has 3 atom stereocenters. The molecule has 1 rings (SSSR count). The van der Waals surface area contributed by atoms with Crippen molar-refractivity contribution in [3.05, 3.63) is 0 Å². The summed E-state index contributed by atoms with van der Waals surface area (Å²) in [5.74, 6) is -1.08. The topological polar surface area (TPSA) is 78.9 Å². The van der Waals surface area contributed by atoms with Gasteiger partial charge >= 0.3 is 12.0 Å². The number of nitrogens with one attached hydrogen (secondary N) is 1. The molecule has 6 heteroatoms. The van der Waals surface area contributed by atoms with Crippen LogP contribution in [-0.2, 0) is 9.53 Å². The maximum atomic E-state index is 12.1. The van der Waals surface area contributed by atoms with E-state index in [0.29, 0.717) is 26.2 Å². The predicted octanol–water partition coefficient (Wildman–Crippen LogP) is 1.70. The summed E-state index contributed by atoms with van der Waals surface area (Å²) in [6.45, 7) is 7.42. The number of hydrogen-bond acceptors (Lipinski definition) is 3. The summed E-state index contributed by atoms with van der Waals surface area (Å²) in [6.07, 6.45) is 2.24. The summed E-state index contributed by atoms with van der Waals surface area (Å²) in [7, 11) is 0. The zero-order valence-corrected chi connectivity index (χ0v) is 12.6. The summed E-state index contributed by atoms with van der Waals surface area (Å²) in [6, 6.07) is 0.0982. The third-order valence-electron chi connectivity index (χ3n) is 3.69. The molecule has 3 unspecified atom stereocenters. The molecule has 0 aromatic carbocycles. The van der Waals surface area contributed by atoms with Crippen LogP contribution in [0.5, 0.6) is 0 Å². The lowest BCUT2D eigenvalue weighted by molar-refractivity contribution is -0.141. The van der Waals surface area contributed by atoms with Crippen LogP contribution in [0.1, 0.15) is 40.0 Å². The first-order chi connectivity index (χ1) is 9.41. The molecule has 0 bridgehead atoms. The van der Waals surface area contributed by atoms with Gasteiger partial charge in [-0.1, -0.05) is 13.3 Å². The fraction of sp³-hybridized carbons (Fsp3) is 0.857. The van der Waals surface area contributed by atoms with E-state index < -0.39 is 5.97 Å². The van der Waals surface area contributed by atoms with Crippen molar-refractivity contribution in [2.75, 3.05) is 19.8 Å². The Balaban J connectivity index is 2.25. The maximum Gasteiger partial charge on any atom is 0.318 e. The highest BCUT2D eigenvalue weighted by molar-refractivity contribution is 5.75. The smallest absolute Gasteiger partial charge is 0.318 e. The standard InChI is InChI=1S/C14H26N2O4/c1-10(13(17)18)5-4-6-11(2)15-14(19)16-7-8-20-9-12(16)3/h10-12H,4-9H2,1-3H3,(H,15,19)(H,17,18). The van der Waals surface area contributed by atoms with Crippen molar-refractivity contribution in [2.24, 2.45) is 5.92 Å². The normalized spacial score (nSPS) is 22.1. The number of rotatable bonds is 6. The molecule has 1 heterocycles. The second-order valence-corrected chi connectivity index (χ2v) is 5.64. The zero-order chi connectivity index (χ0) is 15.1. The van der Waals surface area contributed by atoms with Crippen LogP contribution in [0.2, 0.25) is 0 Å².